The molecule has 7 nitrogen and oxygen atoms in total. The van der Waals surface area contributed by atoms with Crippen LogP contribution < -0.4 is 4.74 Å². The van der Waals surface area contributed by atoms with Gasteiger partial charge in [0.2, 0.25) is 0 Å². The Labute approximate surface area is 192 Å². The van der Waals surface area contributed by atoms with Crippen LogP contribution in [0.3, 0.4) is 0 Å². The summed E-state index contributed by atoms with van der Waals surface area (Å²) in [5.74, 6) is 1.32. The quantitative estimate of drug-likeness (QED) is 0.675. The molecule has 0 radical (unpaired) electrons. The molecule has 1 aromatic carbocycles. The van der Waals surface area contributed by atoms with Gasteiger partial charge >= 0.3 is 6.09 Å². The van der Waals surface area contributed by atoms with Gasteiger partial charge in [0.15, 0.2) is 0 Å². The molecule has 32 heavy (non-hydrogen) atoms. The lowest BCUT2D eigenvalue weighted by molar-refractivity contribution is 0.0610. The van der Waals surface area contributed by atoms with Crippen molar-refractivity contribution in [3.8, 4) is 16.3 Å². The molecule has 1 aromatic heterocycles. The third-order valence-electron chi connectivity index (χ3n) is 7.05. The average Bonchev–Trinajstić information content (AvgIpc) is 3.57. The molecule has 3 aliphatic rings. The molecule has 8 heteroatoms. The maximum absolute atomic E-state index is 13.1. The standard InChI is InChI=1S/C24H29N3O4S/c1-3-15(2)20-13-31-24(29)27(20)18-6-9-26(10-7-18)23(28)19-14-32-22(25-19)17-4-5-21-16(12-17)8-11-30-21/h4-5,12,14-15,18,20H,3,6-11,13H2,1-2H3. The van der Waals surface area contributed by atoms with Gasteiger partial charge in [-0.25, -0.2) is 9.78 Å². The SMILES string of the molecule is CCC(C)C1COC(=O)N1C1CCN(C(=O)c2csc(-c3ccc4c(c3)CCO4)n2)CC1. The van der Waals surface area contributed by atoms with E-state index in [9.17, 15) is 9.59 Å². The van der Waals surface area contributed by atoms with Crippen molar-refractivity contribution in [2.75, 3.05) is 26.3 Å². The Hall–Kier alpha value is -2.61. The molecule has 0 spiro atoms. The molecule has 5 rings (SSSR count). The Balaban J connectivity index is 1.23. The van der Waals surface area contributed by atoms with Gasteiger partial charge in [0, 0.05) is 36.5 Å². The summed E-state index contributed by atoms with van der Waals surface area (Å²) in [6, 6.07) is 6.38. The lowest BCUT2D eigenvalue weighted by Crippen LogP contribution is -2.51. The largest absolute Gasteiger partial charge is 0.493 e. The molecule has 3 aliphatic heterocycles. The average molecular weight is 456 g/mol. The summed E-state index contributed by atoms with van der Waals surface area (Å²) in [6.07, 6.45) is 3.27. The second-order valence-electron chi connectivity index (χ2n) is 8.92. The molecular weight excluding hydrogens is 426 g/mol. The number of carbonyl (C=O) groups is 2. The smallest absolute Gasteiger partial charge is 0.410 e. The fourth-order valence-corrected chi connectivity index (χ4v) is 5.70. The van der Waals surface area contributed by atoms with Crippen LogP contribution in [-0.2, 0) is 11.2 Å². The number of carbonyl (C=O) groups excluding carboxylic acids is 2. The van der Waals surface area contributed by atoms with Gasteiger partial charge in [0.05, 0.1) is 12.6 Å². The Morgan fingerprint density at radius 3 is 2.88 bits per heavy atom. The summed E-state index contributed by atoms with van der Waals surface area (Å²) in [4.78, 5) is 33.9. The van der Waals surface area contributed by atoms with Crippen molar-refractivity contribution in [3.63, 3.8) is 0 Å². The lowest BCUT2D eigenvalue weighted by atomic mass is 9.95. The van der Waals surface area contributed by atoms with E-state index in [-0.39, 0.29) is 24.1 Å². The number of ether oxygens (including phenoxy) is 2. The van der Waals surface area contributed by atoms with Crippen molar-refractivity contribution in [1.82, 2.24) is 14.8 Å². The second-order valence-corrected chi connectivity index (χ2v) is 9.78. The molecule has 0 saturated carbocycles. The van der Waals surface area contributed by atoms with E-state index in [0.717, 1.165) is 48.6 Å². The molecule has 0 bridgehead atoms. The number of amides is 2. The van der Waals surface area contributed by atoms with Crippen LogP contribution in [0.1, 0.15) is 49.2 Å². The van der Waals surface area contributed by atoms with E-state index in [4.69, 9.17) is 9.47 Å². The molecular formula is C24H29N3O4S. The first-order valence-electron chi connectivity index (χ1n) is 11.5. The second kappa shape index (κ2) is 8.73. The summed E-state index contributed by atoms with van der Waals surface area (Å²) in [6.45, 7) is 6.78. The molecule has 2 amide bonds. The van der Waals surface area contributed by atoms with E-state index in [0.29, 0.717) is 31.3 Å². The van der Waals surface area contributed by atoms with Gasteiger partial charge in [-0.1, -0.05) is 20.3 Å². The number of fused-ring (bicyclic) bond motifs is 1. The molecule has 2 aromatic rings. The Bertz CT molecular complexity index is 1010. The summed E-state index contributed by atoms with van der Waals surface area (Å²) in [7, 11) is 0. The van der Waals surface area contributed by atoms with Crippen LogP contribution in [0.2, 0.25) is 0 Å². The molecule has 2 fully saturated rings. The van der Waals surface area contributed by atoms with Crippen LogP contribution in [0.15, 0.2) is 23.6 Å². The van der Waals surface area contributed by atoms with Crippen LogP contribution in [0, 0.1) is 5.92 Å². The van der Waals surface area contributed by atoms with E-state index < -0.39 is 0 Å². The summed E-state index contributed by atoms with van der Waals surface area (Å²) < 4.78 is 10.9. The minimum absolute atomic E-state index is 0.0297. The number of cyclic esters (lactones) is 1. The fraction of sp³-hybridized carbons (Fsp3) is 0.542. The van der Waals surface area contributed by atoms with Gasteiger partial charge in [0.25, 0.3) is 5.91 Å². The summed E-state index contributed by atoms with van der Waals surface area (Å²) in [5.41, 5.74) is 2.72. The van der Waals surface area contributed by atoms with Crippen LogP contribution in [0.4, 0.5) is 4.79 Å². The van der Waals surface area contributed by atoms with Gasteiger partial charge in [0.1, 0.15) is 23.1 Å². The number of piperidine rings is 1. The number of likely N-dealkylation sites (tertiary alicyclic amines) is 1. The highest BCUT2D eigenvalue weighted by atomic mass is 32.1. The van der Waals surface area contributed by atoms with Crippen LogP contribution in [-0.4, -0.2) is 65.2 Å². The van der Waals surface area contributed by atoms with Crippen LogP contribution >= 0.6 is 11.3 Å². The maximum Gasteiger partial charge on any atom is 0.410 e. The van der Waals surface area contributed by atoms with Crippen molar-refractivity contribution in [3.05, 3.63) is 34.8 Å². The number of aromatic nitrogens is 1. The fourth-order valence-electron chi connectivity index (χ4n) is 4.91. The van der Waals surface area contributed by atoms with E-state index in [1.54, 1.807) is 0 Å². The maximum atomic E-state index is 13.1. The third-order valence-corrected chi connectivity index (χ3v) is 7.94. The van der Waals surface area contributed by atoms with Crippen LogP contribution in [0.25, 0.3) is 10.6 Å². The van der Waals surface area contributed by atoms with Crippen LogP contribution in [0.5, 0.6) is 5.75 Å². The first-order chi connectivity index (χ1) is 15.5. The number of nitrogens with zero attached hydrogens (tertiary/aromatic N) is 3. The van der Waals surface area contributed by atoms with Crippen molar-refractivity contribution in [1.29, 1.82) is 0 Å². The van der Waals surface area contributed by atoms with Crippen molar-refractivity contribution < 1.29 is 19.1 Å². The Morgan fingerprint density at radius 1 is 1.28 bits per heavy atom. The number of rotatable bonds is 5. The lowest BCUT2D eigenvalue weighted by Gasteiger charge is -2.39. The molecule has 2 unspecified atom stereocenters. The normalized spacial score (nSPS) is 21.9. The predicted octanol–water partition coefficient (Wildman–Crippen LogP) is 4.22. The summed E-state index contributed by atoms with van der Waals surface area (Å²) >= 11 is 1.50. The van der Waals surface area contributed by atoms with Gasteiger partial charge in [-0.15, -0.1) is 11.3 Å². The third kappa shape index (κ3) is 3.85. The first-order valence-corrected chi connectivity index (χ1v) is 12.4. The summed E-state index contributed by atoms with van der Waals surface area (Å²) in [5, 5.41) is 2.71. The molecule has 0 N–H and O–H groups in total. The zero-order chi connectivity index (χ0) is 22.2. The van der Waals surface area contributed by atoms with E-state index in [2.05, 4.69) is 24.9 Å². The monoisotopic (exact) mass is 455 g/mol. The topological polar surface area (TPSA) is 72.0 Å². The Morgan fingerprint density at radius 2 is 2.09 bits per heavy atom. The van der Waals surface area contributed by atoms with Crippen molar-refractivity contribution >= 4 is 23.3 Å². The predicted molar refractivity (Wildman–Crippen MR) is 122 cm³/mol. The number of thiazole rings is 1. The Kier molecular flexibility index (Phi) is 5.80. The number of benzene rings is 1. The zero-order valence-corrected chi connectivity index (χ0v) is 19.4. The zero-order valence-electron chi connectivity index (χ0n) is 18.6. The highest BCUT2D eigenvalue weighted by molar-refractivity contribution is 7.13. The van der Waals surface area contributed by atoms with E-state index >= 15 is 0 Å². The molecule has 4 heterocycles. The van der Waals surface area contributed by atoms with Gasteiger partial charge in [-0.05, 0) is 42.5 Å². The molecule has 2 atom stereocenters. The first kappa shape index (κ1) is 21.2. The van der Waals surface area contributed by atoms with Crippen molar-refractivity contribution in [2.45, 2.75) is 51.6 Å². The van der Waals surface area contributed by atoms with Gasteiger partial charge in [-0.3, -0.25) is 9.69 Å². The number of hydrogen-bond acceptors (Lipinski definition) is 6. The van der Waals surface area contributed by atoms with Gasteiger partial charge < -0.3 is 14.4 Å². The minimum atomic E-state index is -0.205. The highest BCUT2D eigenvalue weighted by Crippen LogP contribution is 2.33. The number of hydrogen-bond donors (Lipinski definition) is 0. The van der Waals surface area contributed by atoms with E-state index in [1.165, 1.54) is 16.9 Å². The molecule has 2 saturated heterocycles. The minimum Gasteiger partial charge on any atom is -0.493 e. The van der Waals surface area contributed by atoms with E-state index in [1.807, 2.05) is 27.3 Å². The molecule has 170 valence electrons. The van der Waals surface area contributed by atoms with Crippen molar-refractivity contribution in [2.24, 2.45) is 5.92 Å². The molecule has 0 aliphatic carbocycles. The van der Waals surface area contributed by atoms with Gasteiger partial charge in [-0.2, -0.15) is 0 Å². The highest BCUT2D eigenvalue weighted by Gasteiger charge is 2.41.